The van der Waals surface area contributed by atoms with E-state index in [2.05, 4.69) is 40.0 Å². The van der Waals surface area contributed by atoms with Gasteiger partial charge in [-0.2, -0.15) is 0 Å². The molecule has 1 amide bonds. The molecule has 0 radical (unpaired) electrons. The molecule has 0 saturated carbocycles. The summed E-state index contributed by atoms with van der Waals surface area (Å²) in [5, 5.41) is 2.08. The summed E-state index contributed by atoms with van der Waals surface area (Å²) in [6.07, 6.45) is 0. The normalized spacial score (nSPS) is 14.8. The van der Waals surface area contributed by atoms with Crippen LogP contribution >= 0.6 is 11.3 Å². The van der Waals surface area contributed by atoms with Gasteiger partial charge in [0.25, 0.3) is 5.91 Å². The number of thiophene rings is 1. The SMILES string of the molecule is CCn1c(C(=O)N2CCN(c3ccc(OC)cc3)CC2)cc2sccc21. The van der Waals surface area contributed by atoms with E-state index in [0.717, 1.165) is 49.7 Å². The molecule has 4 rings (SSSR count). The minimum Gasteiger partial charge on any atom is -0.497 e. The molecule has 1 aliphatic rings. The molecule has 1 saturated heterocycles. The molecular weight excluding hydrogens is 346 g/mol. The van der Waals surface area contributed by atoms with E-state index in [1.807, 2.05) is 23.1 Å². The fraction of sp³-hybridized carbons (Fsp3) is 0.350. The summed E-state index contributed by atoms with van der Waals surface area (Å²) < 4.78 is 8.54. The summed E-state index contributed by atoms with van der Waals surface area (Å²) in [6.45, 7) is 6.09. The summed E-state index contributed by atoms with van der Waals surface area (Å²) >= 11 is 1.69. The van der Waals surface area contributed by atoms with E-state index in [9.17, 15) is 4.79 Å². The molecule has 0 bridgehead atoms. The second kappa shape index (κ2) is 7.03. The Kier molecular flexibility index (Phi) is 4.59. The smallest absolute Gasteiger partial charge is 0.270 e. The first-order chi connectivity index (χ1) is 12.7. The number of piperazine rings is 1. The number of methoxy groups -OCH3 is 1. The zero-order chi connectivity index (χ0) is 18.1. The van der Waals surface area contributed by atoms with Crippen LogP contribution in [0.3, 0.4) is 0 Å². The Morgan fingerprint density at radius 1 is 1.12 bits per heavy atom. The summed E-state index contributed by atoms with van der Waals surface area (Å²) in [6, 6.07) is 12.3. The van der Waals surface area contributed by atoms with Crippen molar-refractivity contribution in [2.75, 3.05) is 38.2 Å². The summed E-state index contributed by atoms with van der Waals surface area (Å²) in [7, 11) is 1.68. The van der Waals surface area contributed by atoms with Crippen LogP contribution in [0.2, 0.25) is 0 Å². The number of aromatic nitrogens is 1. The zero-order valence-electron chi connectivity index (χ0n) is 15.1. The lowest BCUT2D eigenvalue weighted by molar-refractivity contribution is 0.0736. The summed E-state index contributed by atoms with van der Waals surface area (Å²) in [4.78, 5) is 17.3. The van der Waals surface area contributed by atoms with Crippen LogP contribution in [0.4, 0.5) is 5.69 Å². The van der Waals surface area contributed by atoms with Gasteiger partial charge in [-0.1, -0.05) is 0 Å². The van der Waals surface area contributed by atoms with Crippen molar-refractivity contribution in [2.45, 2.75) is 13.5 Å². The van der Waals surface area contributed by atoms with Crippen molar-refractivity contribution >= 4 is 33.1 Å². The number of fused-ring (bicyclic) bond motifs is 1. The maximum absolute atomic E-state index is 13.0. The Morgan fingerprint density at radius 2 is 1.85 bits per heavy atom. The fourth-order valence-electron chi connectivity index (χ4n) is 3.62. The Bertz CT molecular complexity index is 905. The second-order valence-corrected chi connectivity index (χ2v) is 7.37. The van der Waals surface area contributed by atoms with Gasteiger partial charge in [-0.05, 0) is 48.7 Å². The maximum Gasteiger partial charge on any atom is 0.270 e. The fourth-order valence-corrected chi connectivity index (χ4v) is 4.44. The van der Waals surface area contributed by atoms with Gasteiger partial charge in [0.15, 0.2) is 0 Å². The van der Waals surface area contributed by atoms with Crippen LogP contribution in [0.1, 0.15) is 17.4 Å². The van der Waals surface area contributed by atoms with E-state index in [1.54, 1.807) is 18.4 Å². The Balaban J connectivity index is 1.46. The molecule has 3 aromatic rings. The van der Waals surface area contributed by atoms with Crippen molar-refractivity contribution in [3.05, 3.63) is 47.5 Å². The van der Waals surface area contributed by atoms with Crippen LogP contribution in [0.25, 0.3) is 10.2 Å². The van der Waals surface area contributed by atoms with Crippen LogP contribution < -0.4 is 9.64 Å². The van der Waals surface area contributed by atoms with Gasteiger partial charge < -0.3 is 19.1 Å². The van der Waals surface area contributed by atoms with E-state index >= 15 is 0 Å². The third-order valence-electron chi connectivity index (χ3n) is 5.06. The van der Waals surface area contributed by atoms with E-state index < -0.39 is 0 Å². The molecule has 0 spiro atoms. The number of ether oxygens (including phenoxy) is 1. The highest BCUT2D eigenvalue weighted by molar-refractivity contribution is 7.17. The van der Waals surface area contributed by atoms with E-state index in [-0.39, 0.29) is 5.91 Å². The van der Waals surface area contributed by atoms with Crippen molar-refractivity contribution in [3.63, 3.8) is 0 Å². The third kappa shape index (κ3) is 2.94. The van der Waals surface area contributed by atoms with Crippen molar-refractivity contribution in [1.82, 2.24) is 9.47 Å². The van der Waals surface area contributed by atoms with Crippen molar-refractivity contribution in [2.24, 2.45) is 0 Å². The Morgan fingerprint density at radius 3 is 2.50 bits per heavy atom. The summed E-state index contributed by atoms with van der Waals surface area (Å²) in [5.74, 6) is 1.01. The number of hydrogen-bond donors (Lipinski definition) is 0. The van der Waals surface area contributed by atoms with Crippen LogP contribution in [-0.4, -0.2) is 48.7 Å². The molecule has 3 heterocycles. The van der Waals surface area contributed by atoms with Gasteiger partial charge in [-0.15, -0.1) is 11.3 Å². The number of benzene rings is 1. The Hall–Kier alpha value is -2.47. The average Bonchev–Trinajstić information content (AvgIpc) is 3.28. The number of anilines is 1. The first kappa shape index (κ1) is 17.0. The molecule has 1 aromatic carbocycles. The lowest BCUT2D eigenvalue weighted by Crippen LogP contribution is -2.49. The number of amides is 1. The molecule has 136 valence electrons. The largest absolute Gasteiger partial charge is 0.497 e. The third-order valence-corrected chi connectivity index (χ3v) is 5.92. The molecule has 1 aliphatic heterocycles. The monoisotopic (exact) mass is 369 g/mol. The molecule has 1 fully saturated rings. The number of aryl methyl sites for hydroxylation is 1. The van der Waals surface area contributed by atoms with Gasteiger partial charge in [-0.3, -0.25) is 4.79 Å². The highest BCUT2D eigenvalue weighted by atomic mass is 32.1. The molecule has 0 aliphatic carbocycles. The molecule has 26 heavy (non-hydrogen) atoms. The van der Waals surface area contributed by atoms with E-state index in [0.29, 0.717) is 0 Å². The quantitative estimate of drug-likeness (QED) is 0.704. The predicted molar refractivity (Wildman–Crippen MR) is 107 cm³/mol. The molecule has 5 nitrogen and oxygen atoms in total. The topological polar surface area (TPSA) is 37.7 Å². The van der Waals surface area contributed by atoms with Gasteiger partial charge in [0.05, 0.1) is 17.3 Å². The van der Waals surface area contributed by atoms with Crippen molar-refractivity contribution < 1.29 is 9.53 Å². The van der Waals surface area contributed by atoms with Crippen LogP contribution in [0.15, 0.2) is 41.8 Å². The average molecular weight is 369 g/mol. The standard InChI is InChI=1S/C20H23N3O2S/c1-3-23-17-8-13-26-19(17)14-18(23)20(24)22-11-9-21(10-12-22)15-4-6-16(25-2)7-5-15/h4-8,13-14H,3,9-12H2,1-2H3. The Labute approximate surface area is 157 Å². The maximum atomic E-state index is 13.0. The first-order valence-corrected chi connectivity index (χ1v) is 9.84. The molecular formula is C20H23N3O2S. The highest BCUT2D eigenvalue weighted by Crippen LogP contribution is 2.27. The van der Waals surface area contributed by atoms with E-state index in [1.165, 1.54) is 10.4 Å². The lowest BCUT2D eigenvalue weighted by Gasteiger charge is -2.36. The van der Waals surface area contributed by atoms with Gasteiger partial charge in [0.2, 0.25) is 0 Å². The number of carbonyl (C=O) groups excluding carboxylic acids is 1. The van der Waals surface area contributed by atoms with E-state index in [4.69, 9.17) is 4.74 Å². The van der Waals surface area contributed by atoms with Crippen molar-refractivity contribution in [1.29, 1.82) is 0 Å². The molecule has 0 unspecified atom stereocenters. The number of rotatable bonds is 4. The highest BCUT2D eigenvalue weighted by Gasteiger charge is 2.25. The molecule has 0 atom stereocenters. The summed E-state index contributed by atoms with van der Waals surface area (Å²) in [5.41, 5.74) is 3.15. The minimum atomic E-state index is 0.143. The van der Waals surface area contributed by atoms with Gasteiger partial charge in [0, 0.05) is 38.4 Å². The van der Waals surface area contributed by atoms with Gasteiger partial charge >= 0.3 is 0 Å². The van der Waals surface area contributed by atoms with Gasteiger partial charge in [0.1, 0.15) is 11.4 Å². The molecule has 0 N–H and O–H groups in total. The van der Waals surface area contributed by atoms with Crippen LogP contribution in [0.5, 0.6) is 5.75 Å². The molecule has 6 heteroatoms. The molecule has 2 aromatic heterocycles. The van der Waals surface area contributed by atoms with Crippen LogP contribution in [-0.2, 0) is 6.54 Å². The van der Waals surface area contributed by atoms with Gasteiger partial charge in [-0.25, -0.2) is 0 Å². The van der Waals surface area contributed by atoms with Crippen molar-refractivity contribution in [3.8, 4) is 5.75 Å². The zero-order valence-corrected chi connectivity index (χ0v) is 16.0. The lowest BCUT2D eigenvalue weighted by atomic mass is 10.2. The number of nitrogens with zero attached hydrogens (tertiary/aromatic N) is 3. The number of hydrogen-bond acceptors (Lipinski definition) is 4. The first-order valence-electron chi connectivity index (χ1n) is 8.96. The second-order valence-electron chi connectivity index (χ2n) is 6.42. The van der Waals surface area contributed by atoms with Crippen LogP contribution in [0, 0.1) is 0 Å². The minimum absolute atomic E-state index is 0.143. The number of carbonyl (C=O) groups is 1. The predicted octanol–water partition coefficient (Wildman–Crippen LogP) is 3.69.